The number of carbonyl (C=O) groups excluding carboxylic acids is 2. The van der Waals surface area contributed by atoms with Crippen LogP contribution in [0.15, 0.2) is 40.2 Å². The summed E-state index contributed by atoms with van der Waals surface area (Å²) in [6.07, 6.45) is 0.244. The molecule has 0 aliphatic carbocycles. The second-order valence-electron chi connectivity index (χ2n) is 6.95. The molecule has 31 heavy (non-hydrogen) atoms. The van der Waals surface area contributed by atoms with Gasteiger partial charge in [-0.2, -0.15) is 0 Å². The Morgan fingerprint density at radius 3 is 2.45 bits per heavy atom. The lowest BCUT2D eigenvalue weighted by atomic mass is 10.2. The Morgan fingerprint density at radius 2 is 1.81 bits per heavy atom. The van der Waals surface area contributed by atoms with Crippen LogP contribution in [0.25, 0.3) is 11.2 Å². The van der Waals surface area contributed by atoms with Crippen LogP contribution in [-0.4, -0.2) is 43.8 Å². The van der Waals surface area contributed by atoms with Crippen LogP contribution in [0.4, 0.5) is 0 Å². The first-order valence-electron chi connectivity index (χ1n) is 9.44. The minimum absolute atomic E-state index is 0.0955. The molecule has 11 nitrogen and oxygen atoms in total. The molecule has 0 saturated heterocycles. The van der Waals surface area contributed by atoms with Crippen molar-refractivity contribution in [3.05, 3.63) is 57.0 Å². The number of benzene rings is 1. The standard InChI is InChI=1S/C20H23N5O6/c1-12(18(27)21-9-13-5-7-14(30-4)8-6-13)31-15(26)10-25-11-22-17-16(25)19(28)24(3)20(29)23(17)2/h5-8,11-12H,9-10H2,1-4H3,(H,21,27)/t12-/m1/s1. The molecule has 1 atom stereocenters. The summed E-state index contributed by atoms with van der Waals surface area (Å²) < 4.78 is 13.7. The van der Waals surface area contributed by atoms with Crippen LogP contribution in [0.1, 0.15) is 12.5 Å². The summed E-state index contributed by atoms with van der Waals surface area (Å²) in [5, 5.41) is 2.69. The lowest BCUT2D eigenvalue weighted by Crippen LogP contribution is -2.38. The number of esters is 1. The summed E-state index contributed by atoms with van der Waals surface area (Å²) in [5.41, 5.74) is 0.0181. The van der Waals surface area contributed by atoms with Gasteiger partial charge in [0.05, 0.1) is 13.4 Å². The Kier molecular flexibility index (Phi) is 6.23. The van der Waals surface area contributed by atoms with Crippen LogP contribution in [0, 0.1) is 0 Å². The Hall–Kier alpha value is -3.89. The van der Waals surface area contributed by atoms with E-state index in [1.165, 1.54) is 36.5 Å². The number of ether oxygens (including phenoxy) is 2. The quantitative estimate of drug-likeness (QED) is 0.511. The third kappa shape index (κ3) is 4.49. The maximum atomic E-state index is 12.4. The van der Waals surface area contributed by atoms with E-state index < -0.39 is 29.2 Å². The number of aryl methyl sites for hydroxylation is 1. The van der Waals surface area contributed by atoms with Gasteiger partial charge in [0.25, 0.3) is 11.5 Å². The first-order valence-corrected chi connectivity index (χ1v) is 9.44. The van der Waals surface area contributed by atoms with Crippen LogP contribution >= 0.6 is 0 Å². The van der Waals surface area contributed by atoms with E-state index >= 15 is 0 Å². The molecule has 0 aliphatic rings. The van der Waals surface area contributed by atoms with Gasteiger partial charge in [0.15, 0.2) is 17.3 Å². The Morgan fingerprint density at radius 1 is 1.13 bits per heavy atom. The highest BCUT2D eigenvalue weighted by Gasteiger charge is 2.20. The molecule has 3 aromatic rings. The van der Waals surface area contributed by atoms with Crippen LogP contribution in [-0.2, 0) is 41.5 Å². The average molecular weight is 429 g/mol. The van der Waals surface area contributed by atoms with Crippen molar-refractivity contribution in [1.29, 1.82) is 0 Å². The molecular formula is C20H23N5O6. The van der Waals surface area contributed by atoms with Gasteiger partial charge in [0.2, 0.25) is 0 Å². The fraction of sp³-hybridized carbons (Fsp3) is 0.350. The zero-order valence-electron chi connectivity index (χ0n) is 17.6. The molecule has 0 bridgehead atoms. The number of fused-ring (bicyclic) bond motifs is 1. The Labute approximate surface area is 176 Å². The van der Waals surface area contributed by atoms with E-state index in [9.17, 15) is 19.2 Å². The number of aromatic nitrogens is 4. The summed E-state index contributed by atoms with van der Waals surface area (Å²) in [6.45, 7) is 1.39. The minimum atomic E-state index is -1.03. The molecule has 11 heteroatoms. The van der Waals surface area contributed by atoms with Crippen molar-refractivity contribution in [2.45, 2.75) is 26.1 Å². The summed E-state index contributed by atoms with van der Waals surface area (Å²) in [7, 11) is 4.39. The highest BCUT2D eigenvalue weighted by atomic mass is 16.5. The second kappa shape index (κ2) is 8.86. The Bertz CT molecular complexity index is 1240. The van der Waals surface area contributed by atoms with Crippen LogP contribution in [0.2, 0.25) is 0 Å². The number of hydrogen-bond donors (Lipinski definition) is 1. The zero-order chi connectivity index (χ0) is 22.7. The summed E-state index contributed by atoms with van der Waals surface area (Å²) in [6, 6.07) is 7.18. The molecule has 0 saturated carbocycles. The van der Waals surface area contributed by atoms with Crippen molar-refractivity contribution >= 4 is 23.0 Å². The fourth-order valence-electron chi connectivity index (χ4n) is 3.02. The van der Waals surface area contributed by atoms with Gasteiger partial charge in [-0.3, -0.25) is 23.5 Å². The van der Waals surface area contributed by atoms with E-state index in [4.69, 9.17) is 9.47 Å². The van der Waals surface area contributed by atoms with E-state index in [0.29, 0.717) is 5.75 Å². The molecule has 1 amide bonds. The second-order valence-corrected chi connectivity index (χ2v) is 6.95. The molecule has 0 radical (unpaired) electrons. The molecule has 0 spiro atoms. The van der Waals surface area contributed by atoms with Gasteiger partial charge in [-0.05, 0) is 24.6 Å². The maximum Gasteiger partial charge on any atom is 0.332 e. The van der Waals surface area contributed by atoms with Gasteiger partial charge >= 0.3 is 11.7 Å². The van der Waals surface area contributed by atoms with Crippen molar-refractivity contribution in [2.75, 3.05) is 7.11 Å². The van der Waals surface area contributed by atoms with Crippen LogP contribution in [0.3, 0.4) is 0 Å². The predicted octanol–water partition coefficient (Wildman–Crippen LogP) is -0.310. The highest BCUT2D eigenvalue weighted by Crippen LogP contribution is 2.11. The number of hydrogen-bond acceptors (Lipinski definition) is 7. The summed E-state index contributed by atoms with van der Waals surface area (Å²) in [4.78, 5) is 53.0. The van der Waals surface area contributed by atoms with Crippen molar-refractivity contribution in [2.24, 2.45) is 14.1 Å². The largest absolute Gasteiger partial charge is 0.497 e. The molecule has 0 aliphatic heterocycles. The topological polar surface area (TPSA) is 126 Å². The monoisotopic (exact) mass is 429 g/mol. The fourth-order valence-corrected chi connectivity index (χ4v) is 3.02. The lowest BCUT2D eigenvalue weighted by Gasteiger charge is -2.14. The van der Waals surface area contributed by atoms with Crippen molar-refractivity contribution in [3.8, 4) is 5.75 Å². The van der Waals surface area contributed by atoms with Gasteiger partial charge in [-0.15, -0.1) is 0 Å². The third-order valence-electron chi connectivity index (χ3n) is 4.82. The van der Waals surface area contributed by atoms with Gasteiger partial charge in [0, 0.05) is 20.6 Å². The van der Waals surface area contributed by atoms with E-state index in [1.54, 1.807) is 19.2 Å². The van der Waals surface area contributed by atoms with Crippen molar-refractivity contribution in [1.82, 2.24) is 24.0 Å². The number of amides is 1. The number of methoxy groups -OCH3 is 1. The Balaban J connectivity index is 1.63. The number of imidazole rings is 1. The molecule has 2 heterocycles. The molecule has 1 N–H and O–H groups in total. The molecule has 164 valence electrons. The molecular weight excluding hydrogens is 406 g/mol. The van der Waals surface area contributed by atoms with Gasteiger partial charge < -0.3 is 19.4 Å². The van der Waals surface area contributed by atoms with Gasteiger partial charge in [0.1, 0.15) is 12.3 Å². The number of carbonyl (C=O) groups is 2. The lowest BCUT2D eigenvalue weighted by molar-refractivity contribution is -0.155. The van der Waals surface area contributed by atoms with Crippen LogP contribution in [0.5, 0.6) is 5.75 Å². The van der Waals surface area contributed by atoms with Crippen molar-refractivity contribution < 1.29 is 19.1 Å². The molecule has 0 unspecified atom stereocenters. The van der Waals surface area contributed by atoms with E-state index in [0.717, 1.165) is 10.1 Å². The van der Waals surface area contributed by atoms with Crippen LogP contribution < -0.4 is 21.3 Å². The predicted molar refractivity (Wildman–Crippen MR) is 111 cm³/mol. The van der Waals surface area contributed by atoms with Gasteiger partial charge in [-0.1, -0.05) is 12.1 Å². The van der Waals surface area contributed by atoms with E-state index in [1.807, 2.05) is 12.1 Å². The molecule has 0 fully saturated rings. The number of nitrogens with one attached hydrogen (secondary N) is 1. The first kappa shape index (κ1) is 21.8. The average Bonchev–Trinajstić information content (AvgIpc) is 3.18. The summed E-state index contributed by atoms with van der Waals surface area (Å²) in [5.74, 6) is -0.473. The molecule has 2 aromatic heterocycles. The SMILES string of the molecule is COc1ccc(CNC(=O)[C@@H](C)OC(=O)Cn2cnc3c2c(=O)n(C)c(=O)n3C)cc1. The summed E-state index contributed by atoms with van der Waals surface area (Å²) >= 11 is 0. The molecule has 3 rings (SSSR count). The van der Waals surface area contributed by atoms with Gasteiger partial charge in [-0.25, -0.2) is 9.78 Å². The maximum absolute atomic E-state index is 12.4. The van der Waals surface area contributed by atoms with E-state index in [2.05, 4.69) is 10.3 Å². The molecule has 1 aromatic carbocycles. The number of rotatable bonds is 7. The third-order valence-corrected chi connectivity index (χ3v) is 4.82. The van der Waals surface area contributed by atoms with E-state index in [-0.39, 0.29) is 24.3 Å². The van der Waals surface area contributed by atoms with Crippen molar-refractivity contribution in [3.63, 3.8) is 0 Å². The first-order chi connectivity index (χ1) is 14.7. The normalized spacial score (nSPS) is 11.9. The minimum Gasteiger partial charge on any atom is -0.497 e. The number of nitrogens with zero attached hydrogens (tertiary/aromatic N) is 4. The zero-order valence-corrected chi connectivity index (χ0v) is 17.6. The smallest absolute Gasteiger partial charge is 0.332 e. The highest BCUT2D eigenvalue weighted by molar-refractivity contribution is 5.83.